The first-order chi connectivity index (χ1) is 8.42. The summed E-state index contributed by atoms with van der Waals surface area (Å²) in [5, 5.41) is 20.5. The van der Waals surface area contributed by atoms with Gasteiger partial charge in [-0.1, -0.05) is 0 Å². The molecule has 7 heteroatoms. The lowest BCUT2D eigenvalue weighted by molar-refractivity contribution is -0.137. The third-order valence-electron chi connectivity index (χ3n) is 2.45. The summed E-state index contributed by atoms with van der Waals surface area (Å²) < 4.78 is 37.5. The second-order valence-electron chi connectivity index (χ2n) is 3.78. The van der Waals surface area contributed by atoms with Crippen LogP contribution in [0, 0.1) is 0 Å². The maximum atomic E-state index is 12.5. The Hall–Kier alpha value is -1.31. The summed E-state index contributed by atoms with van der Waals surface area (Å²) in [6.45, 7) is -0.737. The number of nitrogens with one attached hydrogen (secondary N) is 1. The minimum Gasteiger partial charge on any atom is -0.394 e. The molecule has 0 radical (unpaired) electrons. The molecule has 0 bridgehead atoms. The van der Waals surface area contributed by atoms with Gasteiger partial charge in [0.05, 0.1) is 24.8 Å². The van der Waals surface area contributed by atoms with Gasteiger partial charge in [-0.2, -0.15) is 13.2 Å². The molecule has 102 valence electrons. The van der Waals surface area contributed by atoms with E-state index in [2.05, 4.69) is 5.32 Å². The molecule has 0 aromatic heterocycles. The molecule has 0 atom stereocenters. The summed E-state index contributed by atoms with van der Waals surface area (Å²) in [6, 6.07) is 2.48. The van der Waals surface area contributed by atoms with Crippen molar-refractivity contribution in [2.24, 2.45) is 5.73 Å². The monoisotopic (exact) mass is 264 g/mol. The largest absolute Gasteiger partial charge is 0.416 e. The summed E-state index contributed by atoms with van der Waals surface area (Å²) in [7, 11) is 0. The molecule has 0 aliphatic rings. The van der Waals surface area contributed by atoms with E-state index in [1.54, 1.807) is 0 Å². The van der Waals surface area contributed by atoms with E-state index < -0.39 is 17.8 Å². The number of benzene rings is 1. The third kappa shape index (κ3) is 3.59. The Labute approximate surface area is 102 Å². The van der Waals surface area contributed by atoms with E-state index in [9.17, 15) is 13.2 Å². The van der Waals surface area contributed by atoms with Gasteiger partial charge in [-0.15, -0.1) is 0 Å². The van der Waals surface area contributed by atoms with Crippen LogP contribution < -0.4 is 11.1 Å². The molecule has 5 N–H and O–H groups in total. The number of rotatable bonds is 5. The molecule has 1 aromatic rings. The Balaban J connectivity index is 3.00. The number of halogens is 3. The first kappa shape index (κ1) is 14.7. The average Bonchev–Trinajstić information content (AvgIpc) is 2.34. The van der Waals surface area contributed by atoms with Crippen LogP contribution in [0.25, 0.3) is 0 Å². The van der Waals surface area contributed by atoms with Gasteiger partial charge in [-0.3, -0.25) is 0 Å². The van der Waals surface area contributed by atoms with Crippen LogP contribution >= 0.6 is 0 Å². The minimum atomic E-state index is -4.42. The highest BCUT2D eigenvalue weighted by Gasteiger charge is 2.30. The SMILES string of the molecule is NCc1cc(C(F)(F)F)ccc1NC(CO)CO. The van der Waals surface area contributed by atoms with Gasteiger partial charge >= 0.3 is 6.18 Å². The zero-order chi connectivity index (χ0) is 13.8. The third-order valence-corrected chi connectivity index (χ3v) is 2.45. The van der Waals surface area contributed by atoms with Gasteiger partial charge in [0.25, 0.3) is 0 Å². The molecule has 0 amide bonds. The van der Waals surface area contributed by atoms with E-state index in [0.717, 1.165) is 12.1 Å². The number of anilines is 1. The minimum absolute atomic E-state index is 0.0736. The number of hydrogen-bond acceptors (Lipinski definition) is 4. The fourth-order valence-electron chi connectivity index (χ4n) is 1.45. The molecule has 0 unspecified atom stereocenters. The van der Waals surface area contributed by atoms with Crippen LogP contribution in [0.4, 0.5) is 18.9 Å². The van der Waals surface area contributed by atoms with Crippen molar-refractivity contribution in [1.29, 1.82) is 0 Å². The zero-order valence-corrected chi connectivity index (χ0v) is 9.54. The van der Waals surface area contributed by atoms with Crippen molar-refractivity contribution in [3.05, 3.63) is 29.3 Å². The van der Waals surface area contributed by atoms with Crippen LogP contribution in [0.1, 0.15) is 11.1 Å². The van der Waals surface area contributed by atoms with E-state index in [-0.39, 0.29) is 25.3 Å². The Bertz CT molecular complexity index is 392. The van der Waals surface area contributed by atoms with Gasteiger partial charge in [0, 0.05) is 12.2 Å². The summed E-state index contributed by atoms with van der Waals surface area (Å²) in [4.78, 5) is 0. The van der Waals surface area contributed by atoms with Gasteiger partial charge in [0.15, 0.2) is 0 Å². The Kier molecular flexibility index (Phi) is 4.94. The molecule has 18 heavy (non-hydrogen) atoms. The van der Waals surface area contributed by atoms with Crippen LogP contribution in [0.3, 0.4) is 0 Å². The van der Waals surface area contributed by atoms with E-state index >= 15 is 0 Å². The van der Waals surface area contributed by atoms with Crippen LogP contribution in [0.5, 0.6) is 0 Å². The predicted octanol–water partition coefficient (Wildman–Crippen LogP) is 0.929. The van der Waals surface area contributed by atoms with E-state index in [1.807, 2.05) is 0 Å². The van der Waals surface area contributed by atoms with Crippen molar-refractivity contribution in [2.75, 3.05) is 18.5 Å². The van der Waals surface area contributed by atoms with Gasteiger partial charge < -0.3 is 21.3 Å². The first-order valence-electron chi connectivity index (χ1n) is 5.30. The predicted molar refractivity (Wildman–Crippen MR) is 60.9 cm³/mol. The lowest BCUT2D eigenvalue weighted by atomic mass is 10.1. The Morgan fingerprint density at radius 2 is 1.83 bits per heavy atom. The summed E-state index contributed by atoms with van der Waals surface area (Å²) in [6.07, 6.45) is -4.42. The summed E-state index contributed by atoms with van der Waals surface area (Å²) >= 11 is 0. The molecule has 0 fully saturated rings. The first-order valence-corrected chi connectivity index (χ1v) is 5.30. The number of aliphatic hydroxyl groups is 2. The number of aliphatic hydroxyl groups excluding tert-OH is 2. The van der Waals surface area contributed by atoms with E-state index in [0.29, 0.717) is 5.69 Å². The lowest BCUT2D eigenvalue weighted by Gasteiger charge is -2.18. The number of nitrogens with two attached hydrogens (primary N) is 1. The summed E-state index contributed by atoms with van der Waals surface area (Å²) in [5.41, 5.74) is 5.26. The van der Waals surface area contributed by atoms with Gasteiger partial charge in [0.2, 0.25) is 0 Å². The van der Waals surface area contributed by atoms with Crippen molar-refractivity contribution in [3.63, 3.8) is 0 Å². The second kappa shape index (κ2) is 6.03. The molecule has 0 aliphatic heterocycles. The molecule has 1 rings (SSSR count). The molecule has 0 saturated heterocycles. The van der Waals surface area contributed by atoms with Crippen LogP contribution in [-0.4, -0.2) is 29.5 Å². The van der Waals surface area contributed by atoms with E-state index in [4.69, 9.17) is 15.9 Å². The van der Waals surface area contributed by atoms with Gasteiger partial charge in [-0.25, -0.2) is 0 Å². The van der Waals surface area contributed by atoms with Crippen molar-refractivity contribution in [3.8, 4) is 0 Å². The topological polar surface area (TPSA) is 78.5 Å². The lowest BCUT2D eigenvalue weighted by Crippen LogP contribution is -2.28. The fourth-order valence-corrected chi connectivity index (χ4v) is 1.45. The Morgan fingerprint density at radius 1 is 1.22 bits per heavy atom. The Morgan fingerprint density at radius 3 is 2.28 bits per heavy atom. The molecule has 0 spiro atoms. The molecule has 0 heterocycles. The van der Waals surface area contributed by atoms with Crippen molar-refractivity contribution < 1.29 is 23.4 Å². The highest BCUT2D eigenvalue weighted by atomic mass is 19.4. The second-order valence-corrected chi connectivity index (χ2v) is 3.78. The van der Waals surface area contributed by atoms with Crippen molar-refractivity contribution in [1.82, 2.24) is 0 Å². The van der Waals surface area contributed by atoms with Crippen molar-refractivity contribution >= 4 is 5.69 Å². The molecule has 0 saturated carbocycles. The summed E-state index contributed by atoms with van der Waals surface area (Å²) in [5.74, 6) is 0. The molecular formula is C11H15F3N2O2. The highest BCUT2D eigenvalue weighted by molar-refractivity contribution is 5.53. The average molecular weight is 264 g/mol. The normalized spacial score (nSPS) is 11.9. The molecule has 1 aromatic carbocycles. The zero-order valence-electron chi connectivity index (χ0n) is 9.54. The number of hydrogen-bond donors (Lipinski definition) is 4. The maximum Gasteiger partial charge on any atom is 0.416 e. The van der Waals surface area contributed by atoms with Crippen LogP contribution in [0.2, 0.25) is 0 Å². The van der Waals surface area contributed by atoms with Crippen LogP contribution in [-0.2, 0) is 12.7 Å². The fraction of sp³-hybridized carbons (Fsp3) is 0.455. The van der Waals surface area contributed by atoms with Gasteiger partial charge in [-0.05, 0) is 23.8 Å². The maximum absolute atomic E-state index is 12.5. The molecule has 0 aliphatic carbocycles. The van der Waals surface area contributed by atoms with E-state index in [1.165, 1.54) is 6.07 Å². The standard InChI is InChI=1S/C11H15F3N2O2/c12-11(13,14)8-1-2-10(7(3-8)4-15)16-9(5-17)6-18/h1-3,9,16-18H,4-6,15H2. The number of alkyl halides is 3. The molecular weight excluding hydrogens is 249 g/mol. The quantitative estimate of drug-likeness (QED) is 0.638. The highest BCUT2D eigenvalue weighted by Crippen LogP contribution is 2.31. The van der Waals surface area contributed by atoms with Crippen molar-refractivity contribution in [2.45, 2.75) is 18.8 Å². The molecule has 4 nitrogen and oxygen atoms in total. The van der Waals surface area contributed by atoms with Crippen LogP contribution in [0.15, 0.2) is 18.2 Å². The van der Waals surface area contributed by atoms with Gasteiger partial charge in [0.1, 0.15) is 0 Å². The smallest absolute Gasteiger partial charge is 0.394 e.